The molecule has 0 bridgehead atoms. The maximum atomic E-state index is 5.95. The predicted octanol–water partition coefficient (Wildman–Crippen LogP) is 5.05. The molecule has 2 aromatic rings. The summed E-state index contributed by atoms with van der Waals surface area (Å²) in [6.45, 7) is 5.65. The SMILES string of the molecule is CCC1(CNC(C)c2cc3ccccc3o2)CCCC1. The third-order valence-corrected chi connectivity index (χ3v) is 5.07. The van der Waals surface area contributed by atoms with Gasteiger partial charge >= 0.3 is 0 Å². The van der Waals surface area contributed by atoms with Crippen LogP contribution in [0.4, 0.5) is 0 Å². The Morgan fingerprint density at radius 3 is 2.70 bits per heavy atom. The highest BCUT2D eigenvalue weighted by Gasteiger charge is 2.32. The number of furan rings is 1. The van der Waals surface area contributed by atoms with Crippen molar-refractivity contribution in [2.24, 2.45) is 5.41 Å². The second-order valence-electron chi connectivity index (χ2n) is 6.35. The van der Waals surface area contributed by atoms with Gasteiger partial charge in [-0.2, -0.15) is 0 Å². The highest BCUT2D eigenvalue weighted by Crippen LogP contribution is 2.40. The minimum atomic E-state index is 0.284. The molecule has 1 atom stereocenters. The maximum absolute atomic E-state index is 5.95. The molecule has 1 N–H and O–H groups in total. The molecule has 1 aromatic heterocycles. The third-order valence-electron chi connectivity index (χ3n) is 5.07. The summed E-state index contributed by atoms with van der Waals surface area (Å²) >= 11 is 0. The molecule has 1 fully saturated rings. The Hall–Kier alpha value is -1.28. The summed E-state index contributed by atoms with van der Waals surface area (Å²) < 4.78 is 5.95. The molecule has 3 rings (SSSR count). The van der Waals surface area contributed by atoms with Crippen molar-refractivity contribution in [3.8, 4) is 0 Å². The van der Waals surface area contributed by atoms with Gasteiger partial charge < -0.3 is 9.73 Å². The topological polar surface area (TPSA) is 25.2 Å². The van der Waals surface area contributed by atoms with E-state index in [9.17, 15) is 0 Å². The number of nitrogens with one attached hydrogen (secondary N) is 1. The molecule has 108 valence electrons. The van der Waals surface area contributed by atoms with Crippen molar-refractivity contribution in [3.05, 3.63) is 36.1 Å². The lowest BCUT2D eigenvalue weighted by Gasteiger charge is -2.29. The summed E-state index contributed by atoms with van der Waals surface area (Å²) in [4.78, 5) is 0. The zero-order chi connectivity index (χ0) is 14.0. The molecule has 1 heterocycles. The van der Waals surface area contributed by atoms with Crippen molar-refractivity contribution in [1.29, 1.82) is 0 Å². The van der Waals surface area contributed by atoms with E-state index in [1.807, 2.05) is 12.1 Å². The largest absolute Gasteiger partial charge is 0.459 e. The van der Waals surface area contributed by atoms with Crippen molar-refractivity contribution in [2.75, 3.05) is 6.54 Å². The van der Waals surface area contributed by atoms with E-state index < -0.39 is 0 Å². The van der Waals surface area contributed by atoms with Crippen molar-refractivity contribution in [3.63, 3.8) is 0 Å². The summed E-state index contributed by atoms with van der Waals surface area (Å²) in [5.74, 6) is 1.05. The van der Waals surface area contributed by atoms with E-state index in [4.69, 9.17) is 4.42 Å². The van der Waals surface area contributed by atoms with Gasteiger partial charge in [0.05, 0.1) is 6.04 Å². The Kier molecular flexibility index (Phi) is 3.84. The molecule has 2 nitrogen and oxygen atoms in total. The molecule has 1 unspecified atom stereocenters. The van der Waals surface area contributed by atoms with Crippen molar-refractivity contribution >= 4 is 11.0 Å². The molecule has 0 amide bonds. The van der Waals surface area contributed by atoms with Gasteiger partial charge in [-0.1, -0.05) is 38.0 Å². The lowest BCUT2D eigenvalue weighted by molar-refractivity contribution is 0.253. The van der Waals surface area contributed by atoms with Crippen molar-refractivity contribution in [1.82, 2.24) is 5.32 Å². The monoisotopic (exact) mass is 271 g/mol. The van der Waals surface area contributed by atoms with Gasteiger partial charge in [-0.15, -0.1) is 0 Å². The van der Waals surface area contributed by atoms with Gasteiger partial charge in [0, 0.05) is 11.9 Å². The van der Waals surface area contributed by atoms with E-state index in [1.165, 1.54) is 37.5 Å². The van der Waals surface area contributed by atoms with E-state index in [0.717, 1.165) is 17.9 Å². The van der Waals surface area contributed by atoms with Crippen LogP contribution in [-0.4, -0.2) is 6.54 Å². The van der Waals surface area contributed by atoms with Crippen LogP contribution in [0.5, 0.6) is 0 Å². The fourth-order valence-corrected chi connectivity index (χ4v) is 3.47. The molecule has 2 heteroatoms. The Morgan fingerprint density at radius 1 is 1.25 bits per heavy atom. The highest BCUT2D eigenvalue weighted by molar-refractivity contribution is 5.77. The van der Waals surface area contributed by atoms with Crippen LogP contribution in [-0.2, 0) is 0 Å². The standard InChI is InChI=1S/C18H25NO/c1-3-18(10-6-7-11-18)13-19-14(2)17-12-15-8-4-5-9-16(15)20-17/h4-5,8-9,12,14,19H,3,6-7,10-11,13H2,1-2H3. The normalized spacial score (nSPS) is 19.5. The fourth-order valence-electron chi connectivity index (χ4n) is 3.47. The quantitative estimate of drug-likeness (QED) is 0.822. The first-order chi connectivity index (χ1) is 9.72. The summed E-state index contributed by atoms with van der Waals surface area (Å²) in [6, 6.07) is 10.7. The maximum Gasteiger partial charge on any atom is 0.134 e. The molecule has 0 saturated heterocycles. The van der Waals surface area contributed by atoms with Gasteiger partial charge in [0.2, 0.25) is 0 Å². The van der Waals surface area contributed by atoms with Crippen LogP contribution in [0.15, 0.2) is 34.7 Å². The first-order valence-corrected chi connectivity index (χ1v) is 7.94. The summed E-state index contributed by atoms with van der Waals surface area (Å²) in [5, 5.41) is 4.90. The second-order valence-corrected chi connectivity index (χ2v) is 6.35. The van der Waals surface area contributed by atoms with Crippen molar-refractivity contribution < 1.29 is 4.42 Å². The summed E-state index contributed by atoms with van der Waals surface area (Å²) in [7, 11) is 0. The van der Waals surface area contributed by atoms with Crippen LogP contribution < -0.4 is 5.32 Å². The molecule has 0 radical (unpaired) electrons. The van der Waals surface area contributed by atoms with Crippen molar-refractivity contribution in [2.45, 2.75) is 52.0 Å². The average Bonchev–Trinajstić information content (AvgIpc) is 3.12. The van der Waals surface area contributed by atoms with Crippen LogP contribution in [0.25, 0.3) is 11.0 Å². The Labute approximate surface area is 121 Å². The molecule has 0 aliphatic heterocycles. The molecule has 1 saturated carbocycles. The zero-order valence-electron chi connectivity index (χ0n) is 12.6. The van der Waals surface area contributed by atoms with Gasteiger partial charge in [-0.25, -0.2) is 0 Å². The number of benzene rings is 1. The highest BCUT2D eigenvalue weighted by atomic mass is 16.3. The first kappa shape index (κ1) is 13.7. The summed E-state index contributed by atoms with van der Waals surface area (Å²) in [5.41, 5.74) is 1.52. The molecular formula is C18H25NO. The van der Waals surface area contributed by atoms with Crippen LogP contribution in [0.3, 0.4) is 0 Å². The van der Waals surface area contributed by atoms with Gasteiger partial charge in [0.25, 0.3) is 0 Å². The number of hydrogen-bond acceptors (Lipinski definition) is 2. The van der Waals surface area contributed by atoms with E-state index in [-0.39, 0.29) is 6.04 Å². The first-order valence-electron chi connectivity index (χ1n) is 7.94. The zero-order valence-corrected chi connectivity index (χ0v) is 12.6. The number of hydrogen-bond donors (Lipinski definition) is 1. The van der Waals surface area contributed by atoms with E-state index in [1.54, 1.807) is 0 Å². The minimum absolute atomic E-state index is 0.284. The average molecular weight is 271 g/mol. The lowest BCUT2D eigenvalue weighted by atomic mass is 9.83. The second kappa shape index (κ2) is 5.61. The smallest absolute Gasteiger partial charge is 0.134 e. The predicted molar refractivity (Wildman–Crippen MR) is 83.8 cm³/mol. The van der Waals surface area contributed by atoms with Gasteiger partial charge in [0.15, 0.2) is 0 Å². The summed E-state index contributed by atoms with van der Waals surface area (Å²) in [6.07, 6.45) is 6.84. The molecule has 1 aromatic carbocycles. The van der Waals surface area contributed by atoms with Gasteiger partial charge in [-0.3, -0.25) is 0 Å². The van der Waals surface area contributed by atoms with E-state index in [0.29, 0.717) is 5.41 Å². The lowest BCUT2D eigenvalue weighted by Crippen LogP contribution is -2.33. The minimum Gasteiger partial charge on any atom is -0.459 e. The van der Waals surface area contributed by atoms with Gasteiger partial charge in [0.1, 0.15) is 11.3 Å². The molecule has 1 aliphatic carbocycles. The molecular weight excluding hydrogens is 246 g/mol. The van der Waals surface area contributed by atoms with Crippen LogP contribution >= 0.6 is 0 Å². The van der Waals surface area contributed by atoms with Crippen LogP contribution in [0.1, 0.15) is 57.8 Å². The number of fused-ring (bicyclic) bond motifs is 1. The molecule has 20 heavy (non-hydrogen) atoms. The Morgan fingerprint density at radius 2 is 2.00 bits per heavy atom. The Balaban J connectivity index is 1.68. The number of rotatable bonds is 5. The van der Waals surface area contributed by atoms with E-state index in [2.05, 4.69) is 37.4 Å². The molecule has 1 aliphatic rings. The van der Waals surface area contributed by atoms with Crippen LogP contribution in [0, 0.1) is 5.41 Å². The van der Waals surface area contributed by atoms with E-state index >= 15 is 0 Å². The fraction of sp³-hybridized carbons (Fsp3) is 0.556. The number of para-hydroxylation sites is 1. The third kappa shape index (κ3) is 2.62. The molecule has 0 spiro atoms. The van der Waals surface area contributed by atoms with Crippen LogP contribution in [0.2, 0.25) is 0 Å². The Bertz CT molecular complexity index is 533. The van der Waals surface area contributed by atoms with Gasteiger partial charge in [-0.05, 0) is 43.7 Å².